The number of likely N-dealkylation sites (N-methyl/N-ethyl adjacent to an activating group) is 1. The van der Waals surface area contributed by atoms with E-state index in [1.807, 2.05) is 0 Å². The van der Waals surface area contributed by atoms with Crippen molar-refractivity contribution < 1.29 is 4.79 Å². The predicted molar refractivity (Wildman–Crippen MR) is 81.4 cm³/mol. The first-order valence-corrected chi connectivity index (χ1v) is 7.58. The van der Waals surface area contributed by atoms with Crippen LogP contribution >= 0.6 is 0 Å². The van der Waals surface area contributed by atoms with E-state index in [0.717, 1.165) is 32.6 Å². The fourth-order valence-electron chi connectivity index (χ4n) is 1.67. The number of rotatable bonds is 13. The highest BCUT2D eigenvalue weighted by molar-refractivity contribution is 5.77. The highest BCUT2D eigenvalue weighted by Gasteiger charge is 1.99. The Morgan fingerprint density at radius 3 is 2.37 bits per heavy atom. The van der Waals surface area contributed by atoms with Gasteiger partial charge in [0, 0.05) is 19.1 Å². The van der Waals surface area contributed by atoms with Gasteiger partial charge in [0.05, 0.1) is 6.54 Å². The number of nitrogens with one attached hydrogen (secondary N) is 4. The third-order valence-corrected chi connectivity index (χ3v) is 2.74. The van der Waals surface area contributed by atoms with Crippen molar-refractivity contribution in [2.75, 3.05) is 39.3 Å². The Morgan fingerprint density at radius 2 is 1.68 bits per heavy atom. The highest BCUT2D eigenvalue weighted by atomic mass is 16.1. The minimum absolute atomic E-state index is 0.0828. The van der Waals surface area contributed by atoms with E-state index < -0.39 is 0 Å². The maximum atomic E-state index is 11.4. The monoisotopic (exact) mass is 272 g/mol. The molecule has 5 nitrogen and oxygen atoms in total. The fraction of sp³-hybridized carbons (Fsp3) is 0.929. The Bertz CT molecular complexity index is 210. The van der Waals surface area contributed by atoms with Crippen LogP contribution < -0.4 is 21.3 Å². The summed E-state index contributed by atoms with van der Waals surface area (Å²) < 4.78 is 0. The van der Waals surface area contributed by atoms with Crippen LogP contribution in [0.4, 0.5) is 0 Å². The molecular weight excluding hydrogens is 240 g/mol. The fourth-order valence-corrected chi connectivity index (χ4v) is 1.67. The summed E-state index contributed by atoms with van der Waals surface area (Å²) >= 11 is 0. The molecule has 4 N–H and O–H groups in total. The smallest absolute Gasteiger partial charge is 0.234 e. The molecule has 0 heterocycles. The zero-order chi connectivity index (χ0) is 14.3. The molecule has 0 fully saturated rings. The van der Waals surface area contributed by atoms with Crippen molar-refractivity contribution in [3.05, 3.63) is 0 Å². The van der Waals surface area contributed by atoms with E-state index in [2.05, 4.69) is 42.0 Å². The van der Waals surface area contributed by atoms with Crippen molar-refractivity contribution in [3.8, 4) is 0 Å². The largest absolute Gasteiger partial charge is 0.354 e. The molecule has 0 aliphatic rings. The van der Waals surface area contributed by atoms with Gasteiger partial charge in [-0.25, -0.2) is 0 Å². The van der Waals surface area contributed by atoms with Gasteiger partial charge in [-0.15, -0.1) is 0 Å². The van der Waals surface area contributed by atoms with Crippen molar-refractivity contribution in [1.82, 2.24) is 21.3 Å². The van der Waals surface area contributed by atoms with E-state index >= 15 is 0 Å². The lowest BCUT2D eigenvalue weighted by atomic mass is 10.2. The average Bonchev–Trinajstić information content (AvgIpc) is 2.37. The zero-order valence-corrected chi connectivity index (χ0v) is 12.8. The van der Waals surface area contributed by atoms with Gasteiger partial charge in [-0.3, -0.25) is 4.79 Å². The van der Waals surface area contributed by atoms with Crippen LogP contribution in [0, 0.1) is 0 Å². The van der Waals surface area contributed by atoms with E-state index in [1.165, 1.54) is 12.8 Å². The molecule has 1 amide bonds. The molecule has 0 radical (unpaired) electrons. The molecule has 0 unspecified atom stereocenters. The Morgan fingerprint density at radius 1 is 0.947 bits per heavy atom. The quantitative estimate of drug-likeness (QED) is 0.368. The second-order valence-corrected chi connectivity index (χ2v) is 5.05. The van der Waals surface area contributed by atoms with Gasteiger partial charge in [0.2, 0.25) is 5.91 Å². The molecule has 0 aromatic heterocycles. The van der Waals surface area contributed by atoms with Gasteiger partial charge in [-0.2, -0.15) is 0 Å². The molecule has 0 saturated carbocycles. The average molecular weight is 272 g/mol. The minimum atomic E-state index is 0.0828. The third kappa shape index (κ3) is 15.3. The van der Waals surface area contributed by atoms with E-state index in [1.54, 1.807) is 0 Å². The number of carbonyl (C=O) groups is 1. The Labute approximate surface area is 118 Å². The summed E-state index contributed by atoms with van der Waals surface area (Å²) in [5.74, 6) is 0.0828. The normalized spacial score (nSPS) is 10.9. The molecule has 5 heteroatoms. The van der Waals surface area contributed by atoms with Crippen molar-refractivity contribution >= 4 is 5.91 Å². The minimum Gasteiger partial charge on any atom is -0.354 e. The van der Waals surface area contributed by atoms with Crippen LogP contribution in [-0.4, -0.2) is 51.2 Å². The summed E-state index contributed by atoms with van der Waals surface area (Å²) in [6.45, 7) is 11.3. The predicted octanol–water partition coefficient (Wildman–Crippen LogP) is 0.470. The van der Waals surface area contributed by atoms with Crippen LogP contribution in [0.5, 0.6) is 0 Å². The van der Waals surface area contributed by atoms with E-state index in [-0.39, 0.29) is 5.91 Å². The molecule has 0 aliphatic carbocycles. The van der Waals surface area contributed by atoms with Crippen LogP contribution in [0.15, 0.2) is 0 Å². The van der Waals surface area contributed by atoms with Crippen molar-refractivity contribution in [3.63, 3.8) is 0 Å². The molecular formula is C14H32N4O. The van der Waals surface area contributed by atoms with Crippen molar-refractivity contribution in [2.24, 2.45) is 0 Å². The molecule has 0 rings (SSSR count). The van der Waals surface area contributed by atoms with Crippen molar-refractivity contribution in [2.45, 2.75) is 46.1 Å². The van der Waals surface area contributed by atoms with Gasteiger partial charge in [0.1, 0.15) is 0 Å². The second kappa shape index (κ2) is 13.8. The summed E-state index contributed by atoms with van der Waals surface area (Å²) in [6.07, 6.45) is 3.54. The van der Waals surface area contributed by atoms with Gasteiger partial charge < -0.3 is 21.3 Å². The number of unbranched alkanes of at least 4 members (excludes halogenated alkanes) is 2. The maximum absolute atomic E-state index is 11.4. The standard InChI is InChI=1S/C14H32N4O/c1-4-15-10-11-18-14(19)12-16-8-6-5-7-9-17-13(2)3/h13,15-17H,4-12H2,1-3H3,(H,18,19). The van der Waals surface area contributed by atoms with E-state index in [0.29, 0.717) is 19.1 Å². The van der Waals surface area contributed by atoms with Gasteiger partial charge in [0.25, 0.3) is 0 Å². The molecule has 0 bridgehead atoms. The Hall–Kier alpha value is -0.650. The summed E-state index contributed by atoms with van der Waals surface area (Å²) in [6, 6.07) is 0.573. The number of hydrogen-bond donors (Lipinski definition) is 4. The molecule has 0 aromatic rings. The summed E-state index contributed by atoms with van der Waals surface area (Å²) in [7, 11) is 0. The number of hydrogen-bond acceptors (Lipinski definition) is 4. The van der Waals surface area contributed by atoms with Crippen LogP contribution in [0.25, 0.3) is 0 Å². The Kier molecular flexibility index (Phi) is 13.3. The maximum Gasteiger partial charge on any atom is 0.234 e. The summed E-state index contributed by atoms with van der Waals surface area (Å²) in [5, 5.41) is 12.6. The second-order valence-electron chi connectivity index (χ2n) is 5.05. The third-order valence-electron chi connectivity index (χ3n) is 2.74. The highest BCUT2D eigenvalue weighted by Crippen LogP contribution is 1.92. The van der Waals surface area contributed by atoms with Crippen LogP contribution in [0.3, 0.4) is 0 Å². The Balaban J connectivity index is 3.14. The van der Waals surface area contributed by atoms with E-state index in [9.17, 15) is 4.79 Å². The lowest BCUT2D eigenvalue weighted by Crippen LogP contribution is -2.37. The molecule has 0 atom stereocenters. The lowest BCUT2D eigenvalue weighted by molar-refractivity contribution is -0.120. The van der Waals surface area contributed by atoms with Crippen LogP contribution in [-0.2, 0) is 4.79 Å². The molecule has 0 aliphatic heterocycles. The van der Waals surface area contributed by atoms with Crippen molar-refractivity contribution in [1.29, 1.82) is 0 Å². The molecule has 0 saturated heterocycles. The first kappa shape index (κ1) is 18.4. The van der Waals surface area contributed by atoms with Crippen LogP contribution in [0.1, 0.15) is 40.0 Å². The first-order chi connectivity index (χ1) is 9.16. The van der Waals surface area contributed by atoms with E-state index in [4.69, 9.17) is 0 Å². The SMILES string of the molecule is CCNCCNC(=O)CNCCCCCNC(C)C. The number of carbonyl (C=O) groups excluding carboxylic acids is 1. The van der Waals surface area contributed by atoms with Gasteiger partial charge in [-0.1, -0.05) is 27.2 Å². The van der Waals surface area contributed by atoms with Gasteiger partial charge >= 0.3 is 0 Å². The number of amides is 1. The van der Waals surface area contributed by atoms with Gasteiger partial charge in [-0.05, 0) is 32.5 Å². The van der Waals surface area contributed by atoms with Crippen LogP contribution in [0.2, 0.25) is 0 Å². The summed E-state index contributed by atoms with van der Waals surface area (Å²) in [4.78, 5) is 11.4. The lowest BCUT2D eigenvalue weighted by Gasteiger charge is -2.08. The molecule has 0 aromatic carbocycles. The van der Waals surface area contributed by atoms with Gasteiger partial charge in [0.15, 0.2) is 0 Å². The topological polar surface area (TPSA) is 65.2 Å². The molecule has 114 valence electrons. The molecule has 0 spiro atoms. The summed E-state index contributed by atoms with van der Waals surface area (Å²) in [5.41, 5.74) is 0. The zero-order valence-electron chi connectivity index (χ0n) is 12.8. The first-order valence-electron chi connectivity index (χ1n) is 7.58. The molecule has 19 heavy (non-hydrogen) atoms.